The van der Waals surface area contributed by atoms with Crippen LogP contribution in [0.15, 0.2) is 89.5 Å². The van der Waals surface area contributed by atoms with Crippen molar-refractivity contribution in [2.45, 2.75) is 37.0 Å². The molecule has 0 radical (unpaired) electrons. The van der Waals surface area contributed by atoms with E-state index in [1.807, 2.05) is 41.3 Å². The third-order valence-corrected chi connectivity index (χ3v) is 15.1. The van der Waals surface area contributed by atoms with Crippen molar-refractivity contribution in [2.75, 3.05) is 94.0 Å². The van der Waals surface area contributed by atoms with Gasteiger partial charge in [-0.3, -0.25) is 19.8 Å². The third-order valence-electron chi connectivity index (χ3n) is 13.6. The van der Waals surface area contributed by atoms with Gasteiger partial charge in [0, 0.05) is 86.3 Å². The van der Waals surface area contributed by atoms with Crippen LogP contribution in [-0.4, -0.2) is 113 Å². The summed E-state index contributed by atoms with van der Waals surface area (Å²) in [5.74, 6) is -0.223. The zero-order valence-electron chi connectivity index (χ0n) is 35.9. The number of amides is 1. The molecule has 6 heterocycles. The lowest BCUT2D eigenvalue weighted by Gasteiger charge is -2.46. The Bertz CT molecular complexity index is 2760. The predicted octanol–water partition coefficient (Wildman–Crippen LogP) is 7.39. The van der Waals surface area contributed by atoms with E-state index in [1.54, 1.807) is 12.3 Å². The lowest BCUT2D eigenvalue weighted by Crippen LogP contribution is -2.48. The number of halogens is 1. The van der Waals surface area contributed by atoms with Crippen molar-refractivity contribution in [1.29, 1.82) is 0 Å². The van der Waals surface area contributed by atoms with Crippen LogP contribution in [0.3, 0.4) is 0 Å². The van der Waals surface area contributed by atoms with Gasteiger partial charge in [0.05, 0.1) is 40.8 Å². The first-order chi connectivity index (χ1) is 31.5. The first-order valence-corrected chi connectivity index (χ1v) is 24.1. The Kier molecular flexibility index (Phi) is 11.9. The molecule has 0 atom stereocenters. The van der Waals surface area contributed by atoms with Crippen molar-refractivity contribution in [2.24, 2.45) is 11.3 Å². The number of sulfonamides is 1. The highest BCUT2D eigenvalue weighted by Crippen LogP contribution is 2.48. The number of hydrogen-bond acceptors (Lipinski definition) is 13. The second kappa shape index (κ2) is 17.9. The Morgan fingerprint density at radius 1 is 0.938 bits per heavy atom. The fraction of sp³-hybridized carbons (Fsp3) is 0.404. The van der Waals surface area contributed by atoms with Crippen molar-refractivity contribution in [3.63, 3.8) is 0 Å². The molecule has 3 N–H and O–H groups in total. The molecule has 1 aliphatic carbocycles. The number of pyridine rings is 1. The summed E-state index contributed by atoms with van der Waals surface area (Å²) in [5, 5.41) is 16.9. The number of allylic oxidation sites excluding steroid dienone is 1. The molecule has 4 aliphatic heterocycles. The van der Waals surface area contributed by atoms with E-state index in [2.05, 4.69) is 37.0 Å². The molecule has 1 amide bonds. The number of nitro groups is 1. The molecule has 5 aliphatic rings. The topological polar surface area (TPSA) is 185 Å². The van der Waals surface area contributed by atoms with Crippen LogP contribution >= 0.6 is 11.6 Å². The Morgan fingerprint density at radius 2 is 1.74 bits per heavy atom. The number of carbonyl (C=O) groups excluding carboxylic acids is 1. The largest absolute Gasteiger partial charge is 0.474 e. The molecule has 3 aromatic carbocycles. The van der Waals surface area contributed by atoms with Gasteiger partial charge < -0.3 is 34.3 Å². The van der Waals surface area contributed by atoms with Crippen LogP contribution in [0.2, 0.25) is 5.02 Å². The van der Waals surface area contributed by atoms with Gasteiger partial charge in [0.2, 0.25) is 5.88 Å². The first-order valence-electron chi connectivity index (χ1n) is 22.2. The van der Waals surface area contributed by atoms with Crippen LogP contribution in [0, 0.1) is 21.4 Å². The number of piperazine rings is 1. The van der Waals surface area contributed by atoms with Gasteiger partial charge in [-0.1, -0.05) is 29.3 Å². The number of nitro benzene ring substituents is 1. The predicted molar refractivity (Wildman–Crippen MR) is 249 cm³/mol. The van der Waals surface area contributed by atoms with Crippen LogP contribution in [0.1, 0.15) is 48.0 Å². The second-order valence-corrected chi connectivity index (χ2v) is 19.9. The zero-order chi connectivity index (χ0) is 44.7. The summed E-state index contributed by atoms with van der Waals surface area (Å²) in [7, 11) is -4.56. The summed E-state index contributed by atoms with van der Waals surface area (Å²) >= 11 is 6.28. The molecule has 2 aromatic heterocycles. The van der Waals surface area contributed by atoms with Crippen molar-refractivity contribution >= 4 is 72.6 Å². The van der Waals surface area contributed by atoms with Gasteiger partial charge in [-0.15, -0.1) is 0 Å². The number of anilines is 4. The standard InChI is InChI=1S/C47H51ClN8O8S/c48-35-3-1-32(2-4-35)39-26-47(29-63-30-47)13-9-34(39)28-53-15-17-54(18-16-53)36-5-7-38(41(24-36)55-19-22-64-46-43(55)23-33-10-14-49-44(33)51-46)45(57)52-65(60,61)37-6-8-40(42(25-37)56(58)59)50-27-31-11-20-62-21-12-31/h1-8,10,14,23-25,31,50H,9,11-13,15-22,26-30H2,(H,49,51)(H,52,57). The first kappa shape index (κ1) is 43.2. The van der Waals surface area contributed by atoms with Gasteiger partial charge in [-0.05, 0) is 104 Å². The number of ether oxygens (including phenoxy) is 3. The van der Waals surface area contributed by atoms with E-state index in [0.717, 1.165) is 100 Å². The molecular formula is C47H51ClN8O8S. The lowest BCUT2D eigenvalue weighted by molar-refractivity contribution is -0.384. The number of H-pyrrole nitrogens is 1. The van der Waals surface area contributed by atoms with Crippen LogP contribution in [0.5, 0.6) is 5.88 Å². The Morgan fingerprint density at radius 3 is 2.49 bits per heavy atom. The lowest BCUT2D eigenvalue weighted by atomic mass is 9.69. The molecule has 10 rings (SSSR count). The van der Waals surface area contributed by atoms with Crippen molar-refractivity contribution in [3.8, 4) is 5.88 Å². The number of nitrogens with one attached hydrogen (secondary N) is 3. The normalized spacial score (nSPS) is 19.2. The van der Waals surface area contributed by atoms with Gasteiger partial charge in [0.25, 0.3) is 21.6 Å². The molecule has 5 aromatic rings. The molecule has 65 heavy (non-hydrogen) atoms. The van der Waals surface area contributed by atoms with E-state index in [4.69, 9.17) is 30.8 Å². The maximum absolute atomic E-state index is 14.3. The van der Waals surface area contributed by atoms with E-state index in [9.17, 15) is 23.3 Å². The van der Waals surface area contributed by atoms with Gasteiger partial charge in [-0.2, -0.15) is 4.98 Å². The van der Waals surface area contributed by atoms with Crippen molar-refractivity contribution in [1.82, 2.24) is 19.6 Å². The smallest absolute Gasteiger partial charge is 0.293 e. The minimum atomic E-state index is -4.56. The van der Waals surface area contributed by atoms with Gasteiger partial charge in [0.15, 0.2) is 0 Å². The fourth-order valence-electron chi connectivity index (χ4n) is 9.77. The van der Waals surface area contributed by atoms with Crippen LogP contribution < -0.4 is 24.6 Å². The van der Waals surface area contributed by atoms with E-state index in [-0.39, 0.29) is 29.2 Å². The molecule has 3 saturated heterocycles. The second-order valence-electron chi connectivity index (χ2n) is 17.8. The van der Waals surface area contributed by atoms with E-state index >= 15 is 0 Å². The van der Waals surface area contributed by atoms with Crippen molar-refractivity contribution in [3.05, 3.63) is 111 Å². The quantitative estimate of drug-likeness (QED) is 0.0833. The minimum absolute atomic E-state index is 0.107. The molecular weight excluding hydrogens is 872 g/mol. The number of fused-ring (bicyclic) bond motifs is 2. The molecule has 18 heteroatoms. The number of hydrogen-bond donors (Lipinski definition) is 3. The maximum atomic E-state index is 14.3. The number of rotatable bonds is 12. The van der Waals surface area contributed by atoms with Crippen LogP contribution in [0.25, 0.3) is 16.6 Å². The average Bonchev–Trinajstić information content (AvgIpc) is 3.77. The van der Waals surface area contributed by atoms with Gasteiger partial charge >= 0.3 is 0 Å². The monoisotopic (exact) mass is 922 g/mol. The number of nitrogens with zero attached hydrogens (tertiary/aromatic N) is 5. The maximum Gasteiger partial charge on any atom is 0.293 e. The third kappa shape index (κ3) is 8.99. The number of benzene rings is 3. The Hall–Kier alpha value is -5.72. The highest BCUT2D eigenvalue weighted by Gasteiger charge is 2.42. The zero-order valence-corrected chi connectivity index (χ0v) is 37.5. The van der Waals surface area contributed by atoms with Crippen LogP contribution in [0.4, 0.5) is 28.4 Å². The van der Waals surface area contributed by atoms with E-state index in [1.165, 1.54) is 28.8 Å². The van der Waals surface area contributed by atoms with Crippen LogP contribution in [-0.2, 0) is 19.5 Å². The summed E-state index contributed by atoms with van der Waals surface area (Å²) in [6.45, 7) is 8.01. The number of aromatic amines is 1. The van der Waals surface area contributed by atoms with Gasteiger partial charge in [0.1, 0.15) is 23.6 Å². The summed E-state index contributed by atoms with van der Waals surface area (Å²) in [6.07, 6.45) is 6.60. The van der Waals surface area contributed by atoms with E-state index in [0.29, 0.717) is 49.2 Å². The molecule has 0 saturated carbocycles. The molecule has 16 nitrogen and oxygen atoms in total. The Labute approximate surface area is 382 Å². The van der Waals surface area contributed by atoms with Gasteiger partial charge in [-0.25, -0.2) is 13.1 Å². The molecule has 0 unspecified atom stereocenters. The minimum Gasteiger partial charge on any atom is -0.474 e. The molecule has 3 fully saturated rings. The summed E-state index contributed by atoms with van der Waals surface area (Å²) < 4.78 is 47.1. The average molecular weight is 923 g/mol. The fourth-order valence-corrected chi connectivity index (χ4v) is 10.9. The highest BCUT2D eigenvalue weighted by atomic mass is 35.5. The molecule has 0 bridgehead atoms. The Balaban J connectivity index is 0.906. The van der Waals surface area contributed by atoms with Crippen molar-refractivity contribution < 1.29 is 32.3 Å². The number of aromatic nitrogens is 2. The number of carbonyl (C=O) groups is 1. The summed E-state index contributed by atoms with van der Waals surface area (Å²) in [4.78, 5) is 40.0. The van der Waals surface area contributed by atoms with E-state index < -0.39 is 31.4 Å². The summed E-state index contributed by atoms with van der Waals surface area (Å²) in [5.41, 5.74) is 6.88. The highest BCUT2D eigenvalue weighted by molar-refractivity contribution is 7.90. The summed E-state index contributed by atoms with van der Waals surface area (Å²) in [6, 6.07) is 21.1. The molecule has 1 spiro atoms. The SMILES string of the molecule is O=C(NS(=O)(=O)c1ccc(NCC2CCOCC2)c([N+](=O)[O-])c1)c1ccc(N2CCN(CC3=C(c4ccc(Cl)cc4)CC4(CC3)COC4)CC2)cc1N1CCOc2nc3[nH]ccc3cc21. The molecule has 340 valence electrons.